The maximum absolute atomic E-state index is 9.39. The molecule has 1 N–H and O–H groups in total. The Labute approximate surface area is 65.7 Å². The van der Waals surface area contributed by atoms with Crippen LogP contribution in [-0.4, -0.2) is 14.9 Å². The summed E-state index contributed by atoms with van der Waals surface area (Å²) in [6, 6.07) is 0. The number of hydrogen-bond donors (Lipinski definition) is 1. The summed E-state index contributed by atoms with van der Waals surface area (Å²) < 4.78 is 1.78. The topological polar surface area (TPSA) is 38.0 Å². The standard InChI is InChI=1S/C8H12N2O/c1-2-10-5-7(11)8(9-10)6-3-4-6/h5-6,11H,2-4H2,1H3. The van der Waals surface area contributed by atoms with Gasteiger partial charge in [-0.15, -0.1) is 0 Å². The van der Waals surface area contributed by atoms with E-state index in [1.165, 1.54) is 12.8 Å². The highest BCUT2D eigenvalue weighted by Crippen LogP contribution is 2.42. The summed E-state index contributed by atoms with van der Waals surface area (Å²) in [5.41, 5.74) is 0.895. The number of aromatic hydroxyl groups is 1. The van der Waals surface area contributed by atoms with Crippen molar-refractivity contribution >= 4 is 0 Å². The lowest BCUT2D eigenvalue weighted by molar-refractivity contribution is 0.467. The van der Waals surface area contributed by atoms with Crippen molar-refractivity contribution in [3.05, 3.63) is 11.9 Å². The lowest BCUT2D eigenvalue weighted by atomic mass is 10.3. The molecule has 3 nitrogen and oxygen atoms in total. The quantitative estimate of drug-likeness (QED) is 0.697. The minimum Gasteiger partial charge on any atom is -0.504 e. The van der Waals surface area contributed by atoms with Gasteiger partial charge in [-0.05, 0) is 19.8 Å². The molecule has 0 bridgehead atoms. The molecule has 1 aromatic heterocycles. The van der Waals surface area contributed by atoms with Crippen molar-refractivity contribution in [2.24, 2.45) is 0 Å². The van der Waals surface area contributed by atoms with E-state index in [4.69, 9.17) is 0 Å². The molecule has 1 saturated carbocycles. The molecule has 0 spiro atoms. The van der Waals surface area contributed by atoms with Gasteiger partial charge in [0.15, 0.2) is 5.75 Å². The van der Waals surface area contributed by atoms with E-state index in [1.807, 2.05) is 6.92 Å². The van der Waals surface area contributed by atoms with E-state index in [9.17, 15) is 5.11 Å². The Balaban J connectivity index is 2.30. The molecule has 1 aliphatic rings. The van der Waals surface area contributed by atoms with E-state index in [2.05, 4.69) is 5.10 Å². The fourth-order valence-corrected chi connectivity index (χ4v) is 1.24. The van der Waals surface area contributed by atoms with Gasteiger partial charge in [0.2, 0.25) is 0 Å². The maximum Gasteiger partial charge on any atom is 0.157 e. The lowest BCUT2D eigenvalue weighted by Crippen LogP contribution is -1.94. The number of aryl methyl sites for hydroxylation is 1. The van der Waals surface area contributed by atoms with Crippen LogP contribution in [0.2, 0.25) is 0 Å². The van der Waals surface area contributed by atoms with Gasteiger partial charge in [0.1, 0.15) is 5.69 Å². The highest BCUT2D eigenvalue weighted by molar-refractivity contribution is 5.29. The molecular formula is C8H12N2O. The van der Waals surface area contributed by atoms with E-state index in [0.717, 1.165) is 12.2 Å². The number of nitrogens with zero attached hydrogens (tertiary/aromatic N) is 2. The number of aromatic nitrogens is 2. The summed E-state index contributed by atoms with van der Waals surface area (Å²) in [5.74, 6) is 0.914. The van der Waals surface area contributed by atoms with Crippen molar-refractivity contribution in [2.75, 3.05) is 0 Å². The van der Waals surface area contributed by atoms with Crippen LogP contribution in [0.5, 0.6) is 5.75 Å². The molecule has 11 heavy (non-hydrogen) atoms. The van der Waals surface area contributed by atoms with Crippen LogP contribution in [0, 0.1) is 0 Å². The summed E-state index contributed by atoms with van der Waals surface area (Å²) in [5, 5.41) is 13.6. The summed E-state index contributed by atoms with van der Waals surface area (Å²) in [6.45, 7) is 2.85. The molecule has 1 aliphatic carbocycles. The maximum atomic E-state index is 9.39. The second kappa shape index (κ2) is 2.26. The normalized spacial score (nSPS) is 17.2. The van der Waals surface area contributed by atoms with E-state index in [-0.39, 0.29) is 0 Å². The highest BCUT2D eigenvalue weighted by Gasteiger charge is 2.29. The van der Waals surface area contributed by atoms with Crippen molar-refractivity contribution in [1.29, 1.82) is 0 Å². The third-order valence-corrected chi connectivity index (χ3v) is 2.06. The first-order valence-corrected chi connectivity index (χ1v) is 4.07. The Morgan fingerprint density at radius 2 is 2.45 bits per heavy atom. The summed E-state index contributed by atoms with van der Waals surface area (Å²) in [4.78, 5) is 0. The Bertz CT molecular complexity index is 263. The van der Waals surface area contributed by atoms with Crippen LogP contribution in [0.1, 0.15) is 31.4 Å². The molecule has 2 rings (SSSR count). The second-order valence-corrected chi connectivity index (χ2v) is 3.03. The molecule has 1 aromatic rings. The first kappa shape index (κ1) is 6.70. The van der Waals surface area contributed by atoms with Crippen molar-refractivity contribution in [3.63, 3.8) is 0 Å². The van der Waals surface area contributed by atoms with E-state index < -0.39 is 0 Å². The number of hydrogen-bond acceptors (Lipinski definition) is 2. The van der Waals surface area contributed by atoms with Crippen LogP contribution >= 0.6 is 0 Å². The SMILES string of the molecule is CCn1cc(O)c(C2CC2)n1. The van der Waals surface area contributed by atoms with Gasteiger partial charge in [0, 0.05) is 12.5 Å². The minimum absolute atomic E-state index is 0.370. The highest BCUT2D eigenvalue weighted by atomic mass is 16.3. The molecule has 60 valence electrons. The Hall–Kier alpha value is -0.990. The third-order valence-electron chi connectivity index (χ3n) is 2.06. The Kier molecular flexibility index (Phi) is 1.37. The summed E-state index contributed by atoms with van der Waals surface area (Å²) >= 11 is 0. The average molecular weight is 152 g/mol. The van der Waals surface area contributed by atoms with Crippen LogP contribution in [-0.2, 0) is 6.54 Å². The second-order valence-electron chi connectivity index (χ2n) is 3.03. The fraction of sp³-hybridized carbons (Fsp3) is 0.625. The van der Waals surface area contributed by atoms with Crippen LogP contribution in [0.4, 0.5) is 0 Å². The molecular weight excluding hydrogens is 140 g/mol. The third kappa shape index (κ3) is 1.11. The van der Waals surface area contributed by atoms with Gasteiger partial charge in [0.25, 0.3) is 0 Å². The van der Waals surface area contributed by atoms with E-state index in [0.29, 0.717) is 11.7 Å². The molecule has 0 aliphatic heterocycles. The van der Waals surface area contributed by atoms with Crippen molar-refractivity contribution < 1.29 is 5.11 Å². The van der Waals surface area contributed by atoms with Crippen molar-refractivity contribution in [1.82, 2.24) is 9.78 Å². The van der Waals surface area contributed by atoms with Crippen LogP contribution in [0.15, 0.2) is 6.20 Å². The molecule has 0 radical (unpaired) electrons. The fourth-order valence-electron chi connectivity index (χ4n) is 1.24. The van der Waals surface area contributed by atoms with Crippen LogP contribution in [0.25, 0.3) is 0 Å². The van der Waals surface area contributed by atoms with Gasteiger partial charge >= 0.3 is 0 Å². The van der Waals surface area contributed by atoms with E-state index in [1.54, 1.807) is 10.9 Å². The Morgan fingerprint density at radius 1 is 1.73 bits per heavy atom. The molecule has 0 amide bonds. The van der Waals surface area contributed by atoms with Crippen LogP contribution < -0.4 is 0 Å². The molecule has 0 atom stereocenters. The van der Waals surface area contributed by atoms with Crippen molar-refractivity contribution in [3.8, 4) is 5.75 Å². The van der Waals surface area contributed by atoms with Crippen molar-refractivity contribution in [2.45, 2.75) is 32.2 Å². The van der Waals surface area contributed by atoms with Gasteiger partial charge < -0.3 is 5.11 Å². The zero-order chi connectivity index (χ0) is 7.84. The monoisotopic (exact) mass is 152 g/mol. The average Bonchev–Trinajstić information content (AvgIpc) is 2.76. The molecule has 0 unspecified atom stereocenters. The molecule has 0 aromatic carbocycles. The van der Waals surface area contributed by atoms with Crippen LogP contribution in [0.3, 0.4) is 0 Å². The van der Waals surface area contributed by atoms with Gasteiger partial charge in [-0.25, -0.2) is 0 Å². The Morgan fingerprint density at radius 3 is 2.91 bits per heavy atom. The predicted octanol–water partition coefficient (Wildman–Crippen LogP) is 1.49. The smallest absolute Gasteiger partial charge is 0.157 e. The molecule has 0 saturated heterocycles. The van der Waals surface area contributed by atoms with Gasteiger partial charge in [-0.3, -0.25) is 4.68 Å². The molecule has 1 heterocycles. The van der Waals surface area contributed by atoms with Gasteiger partial charge in [-0.1, -0.05) is 0 Å². The van der Waals surface area contributed by atoms with Gasteiger partial charge in [0.05, 0.1) is 6.20 Å². The molecule has 3 heteroatoms. The zero-order valence-corrected chi connectivity index (χ0v) is 6.62. The summed E-state index contributed by atoms with van der Waals surface area (Å²) in [7, 11) is 0. The summed E-state index contributed by atoms with van der Waals surface area (Å²) in [6.07, 6.45) is 4.08. The zero-order valence-electron chi connectivity index (χ0n) is 6.62. The minimum atomic E-state index is 0.370. The molecule has 1 fully saturated rings. The first-order valence-electron chi connectivity index (χ1n) is 4.07. The predicted molar refractivity (Wildman–Crippen MR) is 41.5 cm³/mol. The lowest BCUT2D eigenvalue weighted by Gasteiger charge is -1.90. The largest absolute Gasteiger partial charge is 0.504 e. The number of rotatable bonds is 2. The van der Waals surface area contributed by atoms with E-state index >= 15 is 0 Å². The van der Waals surface area contributed by atoms with Gasteiger partial charge in [-0.2, -0.15) is 5.10 Å². The first-order chi connectivity index (χ1) is 5.31.